The summed E-state index contributed by atoms with van der Waals surface area (Å²) in [4.78, 5) is 57.5. The van der Waals surface area contributed by atoms with Crippen molar-refractivity contribution >= 4 is 29.6 Å². The molecule has 1 atom stereocenters. The largest absolute Gasteiger partial charge is 0.480 e. The normalized spacial score (nSPS) is 14.4. The first-order valence-corrected chi connectivity index (χ1v) is 9.65. The molecule has 0 unspecified atom stereocenters. The molecule has 156 valence electrons. The van der Waals surface area contributed by atoms with E-state index >= 15 is 0 Å². The summed E-state index contributed by atoms with van der Waals surface area (Å²) in [5.74, 6) is -2.92. The average molecular weight is 395 g/mol. The maximum atomic E-state index is 11.7. The van der Waals surface area contributed by atoms with Crippen molar-refractivity contribution < 1.29 is 29.1 Å². The molecule has 0 radical (unpaired) electrons. The Kier molecular flexibility index (Phi) is 10.5. The summed E-state index contributed by atoms with van der Waals surface area (Å²) < 4.78 is 0. The Morgan fingerprint density at radius 3 is 1.93 bits per heavy atom. The Balaban J connectivity index is 1.97. The van der Waals surface area contributed by atoms with E-state index in [2.05, 4.69) is 5.32 Å². The fourth-order valence-corrected chi connectivity index (χ4v) is 2.94. The minimum absolute atomic E-state index is 0.217. The lowest BCUT2D eigenvalue weighted by atomic mass is 10.1. The number of imide groups is 1. The molecule has 28 heavy (non-hydrogen) atoms. The topological polar surface area (TPSA) is 147 Å². The standard InChI is InChI=1S/C19H29N3O6/c20-15(23)13-14(19(27)28)21-16(24)9-7-5-3-1-2-4-6-8-12-22-17(25)10-11-18(22)26/h10-11,14H,1-9,12-13H2,(H2,20,23)(H,21,24)(H,27,28)/t14-/m0/s1. The lowest BCUT2D eigenvalue weighted by Crippen LogP contribution is -2.43. The molecule has 0 saturated heterocycles. The molecule has 0 saturated carbocycles. The maximum absolute atomic E-state index is 11.7. The van der Waals surface area contributed by atoms with Gasteiger partial charge in [-0.05, 0) is 12.8 Å². The molecule has 0 aromatic heterocycles. The Hall–Kier alpha value is -2.71. The number of hydrogen-bond donors (Lipinski definition) is 3. The van der Waals surface area contributed by atoms with Gasteiger partial charge in [0, 0.05) is 25.1 Å². The van der Waals surface area contributed by atoms with E-state index in [1.807, 2.05) is 0 Å². The molecular formula is C19H29N3O6. The van der Waals surface area contributed by atoms with E-state index in [0.29, 0.717) is 13.0 Å². The molecule has 1 heterocycles. The van der Waals surface area contributed by atoms with Crippen molar-refractivity contribution in [2.75, 3.05) is 6.54 Å². The number of carboxylic acids is 1. The van der Waals surface area contributed by atoms with Crippen LogP contribution in [0.15, 0.2) is 12.2 Å². The molecular weight excluding hydrogens is 366 g/mol. The number of nitrogens with one attached hydrogen (secondary N) is 1. The van der Waals surface area contributed by atoms with Crippen LogP contribution in [0.1, 0.15) is 64.2 Å². The zero-order valence-corrected chi connectivity index (χ0v) is 16.0. The molecule has 0 aromatic rings. The molecule has 1 rings (SSSR count). The second-order valence-electron chi connectivity index (χ2n) is 6.87. The van der Waals surface area contributed by atoms with Crippen LogP contribution in [0.4, 0.5) is 0 Å². The molecule has 0 aromatic carbocycles. The van der Waals surface area contributed by atoms with Gasteiger partial charge in [-0.3, -0.25) is 24.1 Å². The number of nitrogens with zero attached hydrogens (tertiary/aromatic N) is 1. The number of carbonyl (C=O) groups excluding carboxylic acids is 4. The van der Waals surface area contributed by atoms with Crippen LogP contribution in [0.25, 0.3) is 0 Å². The molecule has 4 amide bonds. The third kappa shape index (κ3) is 9.29. The van der Waals surface area contributed by atoms with Crippen LogP contribution in [-0.4, -0.2) is 52.2 Å². The minimum Gasteiger partial charge on any atom is -0.480 e. The molecule has 0 bridgehead atoms. The van der Waals surface area contributed by atoms with Crippen LogP contribution in [-0.2, 0) is 24.0 Å². The van der Waals surface area contributed by atoms with E-state index in [-0.39, 0.29) is 18.2 Å². The molecule has 0 spiro atoms. The van der Waals surface area contributed by atoms with E-state index in [0.717, 1.165) is 44.9 Å². The highest BCUT2D eigenvalue weighted by molar-refractivity contribution is 6.12. The number of rotatable bonds is 15. The number of hydrogen-bond acceptors (Lipinski definition) is 5. The Morgan fingerprint density at radius 2 is 1.43 bits per heavy atom. The summed E-state index contributed by atoms with van der Waals surface area (Å²) >= 11 is 0. The van der Waals surface area contributed by atoms with Gasteiger partial charge in [-0.2, -0.15) is 0 Å². The van der Waals surface area contributed by atoms with Crippen LogP contribution in [0.3, 0.4) is 0 Å². The maximum Gasteiger partial charge on any atom is 0.326 e. The second-order valence-corrected chi connectivity index (χ2v) is 6.87. The first-order valence-electron chi connectivity index (χ1n) is 9.65. The van der Waals surface area contributed by atoms with Crippen molar-refractivity contribution in [3.05, 3.63) is 12.2 Å². The zero-order chi connectivity index (χ0) is 20.9. The molecule has 9 heteroatoms. The van der Waals surface area contributed by atoms with E-state index in [9.17, 15) is 24.0 Å². The number of primary amides is 1. The molecule has 1 aliphatic rings. The van der Waals surface area contributed by atoms with Gasteiger partial charge in [0.25, 0.3) is 11.8 Å². The fraction of sp³-hybridized carbons (Fsp3) is 0.632. The monoisotopic (exact) mass is 395 g/mol. The van der Waals surface area contributed by atoms with Gasteiger partial charge < -0.3 is 16.2 Å². The molecule has 9 nitrogen and oxygen atoms in total. The van der Waals surface area contributed by atoms with Crippen molar-refractivity contribution in [1.82, 2.24) is 10.2 Å². The minimum atomic E-state index is -1.28. The van der Waals surface area contributed by atoms with Crippen LogP contribution in [0.2, 0.25) is 0 Å². The molecule has 4 N–H and O–H groups in total. The predicted octanol–water partition coefficient (Wildman–Crippen LogP) is 0.867. The van der Waals surface area contributed by atoms with Gasteiger partial charge in [-0.25, -0.2) is 4.79 Å². The number of nitrogens with two attached hydrogens (primary N) is 1. The smallest absolute Gasteiger partial charge is 0.326 e. The number of aliphatic carboxylic acids is 1. The van der Waals surface area contributed by atoms with Crippen LogP contribution in [0, 0.1) is 0 Å². The summed E-state index contributed by atoms with van der Waals surface area (Å²) in [5.41, 5.74) is 4.96. The van der Waals surface area contributed by atoms with Crippen molar-refractivity contribution in [1.29, 1.82) is 0 Å². The van der Waals surface area contributed by atoms with E-state index < -0.39 is 30.2 Å². The van der Waals surface area contributed by atoms with E-state index in [1.54, 1.807) is 0 Å². The van der Waals surface area contributed by atoms with Gasteiger partial charge in [0.2, 0.25) is 11.8 Å². The molecule has 1 aliphatic heterocycles. The van der Waals surface area contributed by atoms with Gasteiger partial charge in [-0.1, -0.05) is 38.5 Å². The van der Waals surface area contributed by atoms with Gasteiger partial charge in [0.05, 0.1) is 6.42 Å². The fourth-order valence-electron chi connectivity index (χ4n) is 2.94. The van der Waals surface area contributed by atoms with Crippen LogP contribution < -0.4 is 11.1 Å². The molecule has 0 fully saturated rings. The predicted molar refractivity (Wildman–Crippen MR) is 101 cm³/mol. The third-order valence-electron chi connectivity index (χ3n) is 4.47. The highest BCUT2D eigenvalue weighted by Crippen LogP contribution is 2.11. The number of carboxylic acid groups (broad SMARTS) is 1. The van der Waals surface area contributed by atoms with Crippen LogP contribution in [0.5, 0.6) is 0 Å². The van der Waals surface area contributed by atoms with E-state index in [1.165, 1.54) is 17.1 Å². The molecule has 0 aliphatic carbocycles. The van der Waals surface area contributed by atoms with Gasteiger partial charge in [0.1, 0.15) is 6.04 Å². The summed E-state index contributed by atoms with van der Waals surface area (Å²) in [5, 5.41) is 11.2. The first kappa shape index (κ1) is 23.3. The quantitative estimate of drug-likeness (QED) is 0.277. The number of carbonyl (C=O) groups is 5. The van der Waals surface area contributed by atoms with Gasteiger partial charge >= 0.3 is 5.97 Å². The summed E-state index contributed by atoms with van der Waals surface area (Å²) in [7, 11) is 0. The van der Waals surface area contributed by atoms with Crippen molar-refractivity contribution in [3.8, 4) is 0 Å². The third-order valence-corrected chi connectivity index (χ3v) is 4.47. The number of unbranched alkanes of at least 4 members (excludes halogenated alkanes) is 7. The SMILES string of the molecule is NC(=O)C[C@H](NC(=O)CCCCCCCCCCN1C(=O)C=CC1=O)C(=O)O. The Bertz CT molecular complexity index is 599. The lowest BCUT2D eigenvalue weighted by Gasteiger charge is -2.13. The average Bonchev–Trinajstić information content (AvgIpc) is 2.94. The van der Waals surface area contributed by atoms with Gasteiger partial charge in [0.15, 0.2) is 0 Å². The summed E-state index contributed by atoms with van der Waals surface area (Å²) in [6, 6.07) is -1.27. The highest BCUT2D eigenvalue weighted by atomic mass is 16.4. The van der Waals surface area contributed by atoms with Crippen molar-refractivity contribution in [2.45, 2.75) is 70.3 Å². The summed E-state index contributed by atoms with van der Waals surface area (Å²) in [6.07, 6.45) is 9.74. The van der Waals surface area contributed by atoms with Gasteiger partial charge in [-0.15, -0.1) is 0 Å². The van der Waals surface area contributed by atoms with Crippen LogP contribution >= 0.6 is 0 Å². The highest BCUT2D eigenvalue weighted by Gasteiger charge is 2.22. The van der Waals surface area contributed by atoms with Crippen molar-refractivity contribution in [2.24, 2.45) is 5.73 Å². The summed E-state index contributed by atoms with van der Waals surface area (Å²) in [6.45, 7) is 0.465. The Morgan fingerprint density at radius 1 is 0.929 bits per heavy atom. The second kappa shape index (κ2) is 12.6. The number of amides is 4. The first-order chi connectivity index (χ1) is 13.3. The lowest BCUT2D eigenvalue weighted by molar-refractivity contribution is -0.143. The van der Waals surface area contributed by atoms with E-state index in [4.69, 9.17) is 10.8 Å². The Labute approximate surface area is 164 Å². The van der Waals surface area contributed by atoms with Crippen molar-refractivity contribution in [3.63, 3.8) is 0 Å². The zero-order valence-electron chi connectivity index (χ0n) is 16.0.